The van der Waals surface area contributed by atoms with Gasteiger partial charge in [-0.3, -0.25) is 0 Å². The molecule has 1 saturated heterocycles. The zero-order valence-electron chi connectivity index (χ0n) is 10.3. The van der Waals surface area contributed by atoms with Crippen molar-refractivity contribution in [2.75, 3.05) is 11.5 Å². The molecule has 2 aliphatic rings. The van der Waals surface area contributed by atoms with Crippen LogP contribution >= 0.6 is 23.1 Å². The highest BCUT2D eigenvalue weighted by molar-refractivity contribution is 7.99. The van der Waals surface area contributed by atoms with Gasteiger partial charge in [-0.1, -0.05) is 0 Å². The molecule has 1 N–H and O–H groups in total. The van der Waals surface area contributed by atoms with Crippen molar-refractivity contribution >= 4 is 23.1 Å². The second-order valence-electron chi connectivity index (χ2n) is 5.22. The molecule has 0 radical (unpaired) electrons. The highest BCUT2D eigenvalue weighted by Crippen LogP contribution is 2.42. The number of nitrogens with one attached hydrogen (secondary N) is 1. The molecule has 1 aliphatic carbocycles. The first-order valence-corrected chi connectivity index (χ1v) is 8.62. The summed E-state index contributed by atoms with van der Waals surface area (Å²) in [5, 5.41) is 7.38. The quantitative estimate of drug-likeness (QED) is 0.906. The molecule has 4 heteroatoms. The molecular weight excluding hydrogens is 248 g/mol. The fourth-order valence-electron chi connectivity index (χ4n) is 2.48. The van der Waals surface area contributed by atoms with Crippen LogP contribution in [0.25, 0.3) is 0 Å². The van der Waals surface area contributed by atoms with Crippen LogP contribution in [-0.4, -0.2) is 22.5 Å². The molecular formula is C13H20N2S2. The van der Waals surface area contributed by atoms with E-state index in [-0.39, 0.29) is 0 Å². The van der Waals surface area contributed by atoms with E-state index in [1.165, 1.54) is 47.9 Å². The van der Waals surface area contributed by atoms with E-state index >= 15 is 0 Å². The lowest BCUT2D eigenvalue weighted by atomic mass is 10.1. The van der Waals surface area contributed by atoms with E-state index in [1.54, 1.807) is 0 Å². The molecule has 17 heavy (non-hydrogen) atoms. The van der Waals surface area contributed by atoms with Crippen molar-refractivity contribution in [3.63, 3.8) is 0 Å². The van der Waals surface area contributed by atoms with Gasteiger partial charge >= 0.3 is 0 Å². The van der Waals surface area contributed by atoms with Gasteiger partial charge in [-0.15, -0.1) is 11.3 Å². The van der Waals surface area contributed by atoms with Gasteiger partial charge in [0.2, 0.25) is 0 Å². The van der Waals surface area contributed by atoms with Gasteiger partial charge in [0.05, 0.1) is 6.04 Å². The zero-order valence-corrected chi connectivity index (χ0v) is 11.9. The molecule has 0 bridgehead atoms. The lowest BCUT2D eigenvalue weighted by molar-refractivity contribution is 0.401. The summed E-state index contributed by atoms with van der Waals surface area (Å²) in [5.74, 6) is 3.49. The van der Waals surface area contributed by atoms with Crippen LogP contribution in [0.15, 0.2) is 5.38 Å². The van der Waals surface area contributed by atoms with Crippen LogP contribution in [0.2, 0.25) is 0 Å². The monoisotopic (exact) mass is 268 g/mol. The molecule has 0 spiro atoms. The van der Waals surface area contributed by atoms with Gasteiger partial charge in [0, 0.05) is 22.9 Å². The van der Waals surface area contributed by atoms with Crippen LogP contribution in [0, 0.1) is 12.8 Å². The van der Waals surface area contributed by atoms with Crippen LogP contribution in [0.5, 0.6) is 0 Å². The summed E-state index contributed by atoms with van der Waals surface area (Å²) in [5.41, 5.74) is 1.18. The van der Waals surface area contributed by atoms with Gasteiger partial charge < -0.3 is 5.32 Å². The summed E-state index contributed by atoms with van der Waals surface area (Å²) in [6.07, 6.45) is 5.49. The van der Waals surface area contributed by atoms with Crippen molar-refractivity contribution in [3.8, 4) is 0 Å². The Morgan fingerprint density at radius 1 is 1.41 bits per heavy atom. The number of hydrogen-bond donors (Lipinski definition) is 1. The fraction of sp³-hybridized carbons (Fsp3) is 0.769. The fourth-order valence-corrected chi connectivity index (χ4v) is 4.51. The lowest BCUT2D eigenvalue weighted by Gasteiger charge is -2.27. The van der Waals surface area contributed by atoms with Crippen LogP contribution in [0.4, 0.5) is 0 Å². The van der Waals surface area contributed by atoms with Crippen molar-refractivity contribution in [1.82, 2.24) is 10.3 Å². The number of nitrogens with zero attached hydrogens (tertiary/aromatic N) is 1. The van der Waals surface area contributed by atoms with Crippen LogP contribution in [-0.2, 0) is 0 Å². The number of rotatable bonds is 4. The molecule has 2 heterocycles. The molecule has 0 amide bonds. The molecule has 1 aliphatic heterocycles. The third kappa shape index (κ3) is 3.04. The van der Waals surface area contributed by atoms with Crippen molar-refractivity contribution in [2.24, 2.45) is 5.92 Å². The second kappa shape index (κ2) is 5.29. The highest BCUT2D eigenvalue weighted by atomic mass is 32.2. The van der Waals surface area contributed by atoms with Gasteiger partial charge in [-0.25, -0.2) is 4.98 Å². The van der Waals surface area contributed by atoms with E-state index in [1.807, 2.05) is 11.3 Å². The van der Waals surface area contributed by atoms with Crippen molar-refractivity contribution in [3.05, 3.63) is 16.1 Å². The van der Waals surface area contributed by atoms with Crippen LogP contribution in [0.1, 0.15) is 42.4 Å². The molecule has 1 saturated carbocycles. The largest absolute Gasteiger partial charge is 0.304 e. The first-order chi connectivity index (χ1) is 8.33. The smallest absolute Gasteiger partial charge is 0.110 e. The van der Waals surface area contributed by atoms with Crippen molar-refractivity contribution in [1.29, 1.82) is 0 Å². The summed E-state index contributed by atoms with van der Waals surface area (Å²) in [4.78, 5) is 4.69. The predicted molar refractivity (Wildman–Crippen MR) is 75.8 cm³/mol. The first kappa shape index (κ1) is 12.0. The molecule has 1 aromatic rings. The average Bonchev–Trinajstić information content (AvgIpc) is 3.10. The number of aromatic nitrogens is 1. The molecule has 2 nitrogen and oxygen atoms in total. The minimum atomic E-state index is 0.539. The molecule has 3 rings (SSSR count). The maximum atomic E-state index is 4.69. The third-order valence-corrected chi connectivity index (χ3v) is 5.83. The molecule has 2 atom stereocenters. The molecule has 0 unspecified atom stereocenters. The van der Waals surface area contributed by atoms with Crippen LogP contribution < -0.4 is 5.32 Å². The summed E-state index contributed by atoms with van der Waals surface area (Å²) in [6.45, 7) is 2.10. The second-order valence-corrected chi connectivity index (χ2v) is 7.26. The molecule has 94 valence electrons. The van der Waals surface area contributed by atoms with Gasteiger partial charge in [0.1, 0.15) is 5.01 Å². The summed E-state index contributed by atoms with van der Waals surface area (Å²) >= 11 is 3.93. The molecule has 0 aromatic carbocycles. The standard InChI is InChI=1S/C13H20N2S2/c1-9-7-17-13(14-9)12(10-4-5-10)15-11-3-2-6-16-8-11/h7,10-12,15H,2-6,8H2,1H3/t11-,12-/m0/s1. The Labute approximate surface area is 112 Å². The third-order valence-electron chi connectivity index (χ3n) is 3.57. The molecule has 1 aromatic heterocycles. The Hall–Kier alpha value is -0.0600. The van der Waals surface area contributed by atoms with Crippen molar-refractivity contribution in [2.45, 2.75) is 44.7 Å². The predicted octanol–water partition coefficient (Wildman–Crippen LogP) is 3.39. The normalized spacial score (nSPS) is 27.0. The molecule has 2 fully saturated rings. The Bertz CT molecular complexity index is 367. The average molecular weight is 268 g/mol. The van der Waals surface area contributed by atoms with Crippen LogP contribution in [0.3, 0.4) is 0 Å². The minimum Gasteiger partial charge on any atom is -0.304 e. The van der Waals surface area contributed by atoms with E-state index in [2.05, 4.69) is 34.4 Å². The summed E-state index contributed by atoms with van der Waals surface area (Å²) in [6, 6.07) is 1.25. The number of hydrogen-bond acceptors (Lipinski definition) is 4. The highest BCUT2D eigenvalue weighted by Gasteiger charge is 2.35. The Morgan fingerprint density at radius 3 is 2.88 bits per heavy atom. The van der Waals surface area contributed by atoms with Gasteiger partial charge in [-0.2, -0.15) is 11.8 Å². The van der Waals surface area contributed by atoms with Gasteiger partial charge in [0.15, 0.2) is 0 Å². The number of thiazole rings is 1. The Morgan fingerprint density at radius 2 is 2.29 bits per heavy atom. The summed E-state index contributed by atoms with van der Waals surface area (Å²) < 4.78 is 0. The van der Waals surface area contributed by atoms with Gasteiger partial charge in [-0.05, 0) is 44.3 Å². The Kier molecular flexibility index (Phi) is 3.73. The van der Waals surface area contributed by atoms with Crippen molar-refractivity contribution < 1.29 is 0 Å². The minimum absolute atomic E-state index is 0.539. The van der Waals surface area contributed by atoms with E-state index in [9.17, 15) is 0 Å². The Balaban J connectivity index is 1.67. The SMILES string of the molecule is Cc1csc([C@@H](N[C@H]2CCCSC2)C2CC2)n1. The maximum Gasteiger partial charge on any atom is 0.110 e. The first-order valence-electron chi connectivity index (χ1n) is 6.59. The summed E-state index contributed by atoms with van der Waals surface area (Å²) in [7, 11) is 0. The lowest BCUT2D eigenvalue weighted by Crippen LogP contribution is -2.37. The van der Waals surface area contributed by atoms with Gasteiger partial charge in [0.25, 0.3) is 0 Å². The van der Waals surface area contributed by atoms with E-state index in [4.69, 9.17) is 0 Å². The number of aryl methyl sites for hydroxylation is 1. The van der Waals surface area contributed by atoms with E-state index < -0.39 is 0 Å². The maximum absolute atomic E-state index is 4.69. The van der Waals surface area contributed by atoms with E-state index in [0.717, 1.165) is 5.92 Å². The van der Waals surface area contributed by atoms with E-state index in [0.29, 0.717) is 12.1 Å². The zero-order chi connectivity index (χ0) is 11.7. The number of thioether (sulfide) groups is 1. The topological polar surface area (TPSA) is 24.9 Å².